The third kappa shape index (κ3) is 2.43. The maximum absolute atomic E-state index is 13.4. The highest BCUT2D eigenvalue weighted by Gasteiger charge is 2.64. The number of halogens is 1. The molecular weight excluding hydrogens is 279 g/mol. The number of quaternary nitrogens is 1. The Kier molecular flexibility index (Phi) is 3.76. The average molecular weight is 305 g/mol. The predicted octanol–water partition coefficient (Wildman–Crippen LogP) is 3.54. The molecule has 1 amide bonds. The summed E-state index contributed by atoms with van der Waals surface area (Å²) in [7, 11) is 2.23. The van der Waals surface area contributed by atoms with Crippen molar-refractivity contribution in [1.29, 1.82) is 0 Å². The molecule has 2 fully saturated rings. The Morgan fingerprint density at radius 2 is 1.68 bits per heavy atom. The monoisotopic (exact) mass is 305 g/mol. The molecule has 1 saturated carbocycles. The zero-order chi connectivity index (χ0) is 16.0. The first kappa shape index (κ1) is 15.5. The van der Waals surface area contributed by atoms with E-state index in [1.54, 1.807) is 0 Å². The SMILES string of the molecule is Cc1cc(F)cc(C)c1NC(=O)C1([N+]2(C)CCCCC2)CC1. The van der Waals surface area contributed by atoms with Gasteiger partial charge in [-0.3, -0.25) is 4.79 Å². The fraction of sp³-hybridized carbons (Fsp3) is 0.611. The van der Waals surface area contributed by atoms with Crippen LogP contribution in [-0.2, 0) is 4.79 Å². The topological polar surface area (TPSA) is 29.1 Å². The van der Waals surface area contributed by atoms with Gasteiger partial charge in [-0.1, -0.05) is 0 Å². The fourth-order valence-corrected chi connectivity index (χ4v) is 4.11. The van der Waals surface area contributed by atoms with E-state index in [-0.39, 0.29) is 17.3 Å². The lowest BCUT2D eigenvalue weighted by Gasteiger charge is -2.44. The summed E-state index contributed by atoms with van der Waals surface area (Å²) >= 11 is 0. The summed E-state index contributed by atoms with van der Waals surface area (Å²) in [5.74, 6) is -0.126. The molecule has 1 aliphatic heterocycles. The molecule has 1 heterocycles. The van der Waals surface area contributed by atoms with Crippen molar-refractivity contribution in [3.05, 3.63) is 29.1 Å². The predicted molar refractivity (Wildman–Crippen MR) is 86.2 cm³/mol. The van der Waals surface area contributed by atoms with Crippen LogP contribution in [0.4, 0.5) is 10.1 Å². The highest BCUT2D eigenvalue weighted by molar-refractivity contribution is 6.00. The van der Waals surface area contributed by atoms with E-state index in [1.807, 2.05) is 13.8 Å². The molecule has 22 heavy (non-hydrogen) atoms. The number of likely N-dealkylation sites (tertiary alicyclic amines) is 1. The van der Waals surface area contributed by atoms with E-state index >= 15 is 0 Å². The molecule has 4 heteroatoms. The minimum Gasteiger partial charge on any atom is -0.320 e. The van der Waals surface area contributed by atoms with Gasteiger partial charge in [-0.05, 0) is 56.4 Å². The molecule has 2 aliphatic rings. The first-order valence-corrected chi connectivity index (χ1v) is 8.31. The van der Waals surface area contributed by atoms with Crippen molar-refractivity contribution in [2.24, 2.45) is 0 Å². The Labute approximate surface area is 132 Å². The lowest BCUT2D eigenvalue weighted by atomic mass is 10.0. The van der Waals surface area contributed by atoms with Gasteiger partial charge >= 0.3 is 0 Å². The van der Waals surface area contributed by atoms with Gasteiger partial charge in [0.15, 0.2) is 5.54 Å². The minimum atomic E-state index is -0.256. The number of likely N-dealkylation sites (N-methyl/N-ethyl adjacent to an activating group) is 1. The standard InChI is InChI=1S/C18H25FN2O/c1-13-11-15(19)12-14(2)16(13)20-17(22)18(7-8-18)21(3)9-5-4-6-10-21/h11-12H,4-10H2,1-3H3/p+1. The molecule has 0 bridgehead atoms. The van der Waals surface area contributed by atoms with E-state index in [2.05, 4.69) is 12.4 Å². The van der Waals surface area contributed by atoms with E-state index in [0.29, 0.717) is 0 Å². The molecule has 1 N–H and O–H groups in total. The summed E-state index contributed by atoms with van der Waals surface area (Å²) in [4.78, 5) is 13.0. The molecule has 1 aliphatic carbocycles. The van der Waals surface area contributed by atoms with E-state index in [4.69, 9.17) is 0 Å². The molecule has 0 atom stereocenters. The zero-order valence-electron chi connectivity index (χ0n) is 13.8. The zero-order valence-corrected chi connectivity index (χ0v) is 13.8. The van der Waals surface area contributed by atoms with Crippen LogP contribution in [-0.4, -0.2) is 36.1 Å². The fourth-order valence-electron chi connectivity index (χ4n) is 4.11. The largest absolute Gasteiger partial charge is 0.320 e. The number of nitrogens with one attached hydrogen (secondary N) is 1. The number of anilines is 1. The summed E-state index contributed by atoms with van der Waals surface area (Å²) in [6, 6.07) is 2.97. The molecular formula is C18H26FN2O+. The van der Waals surface area contributed by atoms with Crippen molar-refractivity contribution < 1.29 is 13.7 Å². The van der Waals surface area contributed by atoms with Crippen LogP contribution in [0.15, 0.2) is 12.1 Å². The number of hydrogen-bond acceptors (Lipinski definition) is 1. The second-order valence-electron chi connectivity index (χ2n) is 7.30. The van der Waals surface area contributed by atoms with Crippen molar-refractivity contribution in [1.82, 2.24) is 0 Å². The van der Waals surface area contributed by atoms with Crippen LogP contribution in [0, 0.1) is 19.7 Å². The Morgan fingerprint density at radius 3 is 2.18 bits per heavy atom. The number of nitrogens with zero attached hydrogens (tertiary/aromatic N) is 1. The quantitative estimate of drug-likeness (QED) is 0.850. The van der Waals surface area contributed by atoms with E-state index < -0.39 is 0 Å². The molecule has 1 aromatic rings. The van der Waals surface area contributed by atoms with Gasteiger partial charge in [-0.25, -0.2) is 4.39 Å². The Bertz CT molecular complexity index is 578. The third-order valence-electron chi connectivity index (χ3n) is 5.72. The van der Waals surface area contributed by atoms with Crippen LogP contribution in [0.5, 0.6) is 0 Å². The molecule has 0 spiro atoms. The van der Waals surface area contributed by atoms with Gasteiger partial charge in [0.25, 0.3) is 5.91 Å². The minimum absolute atomic E-state index is 0.120. The van der Waals surface area contributed by atoms with Crippen LogP contribution < -0.4 is 5.32 Å². The van der Waals surface area contributed by atoms with Crippen molar-refractivity contribution in [2.45, 2.75) is 51.5 Å². The molecule has 0 aromatic heterocycles. The van der Waals surface area contributed by atoms with Crippen LogP contribution in [0.3, 0.4) is 0 Å². The van der Waals surface area contributed by atoms with Gasteiger partial charge in [0.05, 0.1) is 20.1 Å². The van der Waals surface area contributed by atoms with Gasteiger partial charge in [0.1, 0.15) is 5.82 Å². The van der Waals surface area contributed by atoms with Crippen LogP contribution in [0.1, 0.15) is 43.2 Å². The number of amides is 1. The summed E-state index contributed by atoms with van der Waals surface area (Å²) in [5, 5.41) is 3.11. The number of carbonyl (C=O) groups excluding carboxylic acids is 1. The lowest BCUT2D eigenvalue weighted by Crippen LogP contribution is -2.61. The smallest absolute Gasteiger partial charge is 0.285 e. The van der Waals surface area contributed by atoms with Gasteiger partial charge in [0, 0.05) is 18.5 Å². The number of carbonyl (C=O) groups is 1. The van der Waals surface area contributed by atoms with Gasteiger partial charge in [0.2, 0.25) is 0 Å². The molecule has 120 valence electrons. The molecule has 1 saturated heterocycles. The van der Waals surface area contributed by atoms with Crippen LogP contribution in [0.2, 0.25) is 0 Å². The number of rotatable bonds is 3. The normalized spacial score (nSPS) is 22.2. The highest BCUT2D eigenvalue weighted by atomic mass is 19.1. The Morgan fingerprint density at radius 1 is 1.14 bits per heavy atom. The Balaban J connectivity index is 1.83. The van der Waals surface area contributed by atoms with Gasteiger partial charge < -0.3 is 9.80 Å². The average Bonchev–Trinajstić information content (AvgIpc) is 3.25. The first-order valence-electron chi connectivity index (χ1n) is 8.31. The molecule has 3 rings (SSSR count). The van der Waals surface area contributed by atoms with E-state index in [1.165, 1.54) is 31.4 Å². The third-order valence-corrected chi connectivity index (χ3v) is 5.72. The summed E-state index contributed by atoms with van der Waals surface area (Å²) in [5.41, 5.74) is 2.11. The van der Waals surface area contributed by atoms with Crippen molar-refractivity contribution >= 4 is 11.6 Å². The first-order chi connectivity index (χ1) is 10.4. The number of piperidine rings is 1. The highest BCUT2D eigenvalue weighted by Crippen LogP contribution is 2.48. The van der Waals surface area contributed by atoms with Crippen LogP contribution in [0.25, 0.3) is 0 Å². The summed E-state index contributed by atoms with van der Waals surface area (Å²) in [6.07, 6.45) is 5.63. The summed E-state index contributed by atoms with van der Waals surface area (Å²) in [6.45, 7) is 5.88. The molecule has 0 radical (unpaired) electrons. The van der Waals surface area contributed by atoms with Gasteiger partial charge in [-0.2, -0.15) is 0 Å². The number of hydrogen-bond donors (Lipinski definition) is 1. The van der Waals surface area contributed by atoms with Crippen molar-refractivity contribution in [2.75, 3.05) is 25.5 Å². The second-order valence-corrected chi connectivity index (χ2v) is 7.30. The van der Waals surface area contributed by atoms with Crippen LogP contribution >= 0.6 is 0 Å². The maximum Gasteiger partial charge on any atom is 0.285 e. The van der Waals surface area contributed by atoms with E-state index in [9.17, 15) is 9.18 Å². The second kappa shape index (κ2) is 5.34. The van der Waals surface area contributed by atoms with E-state index in [0.717, 1.165) is 47.2 Å². The molecule has 0 unspecified atom stereocenters. The Hall–Kier alpha value is -1.42. The number of benzene rings is 1. The van der Waals surface area contributed by atoms with Crippen molar-refractivity contribution in [3.63, 3.8) is 0 Å². The number of aryl methyl sites for hydroxylation is 2. The molecule has 3 nitrogen and oxygen atoms in total. The maximum atomic E-state index is 13.4. The molecule has 1 aromatic carbocycles. The lowest BCUT2D eigenvalue weighted by molar-refractivity contribution is -0.938. The van der Waals surface area contributed by atoms with Crippen molar-refractivity contribution in [3.8, 4) is 0 Å². The summed E-state index contributed by atoms with van der Waals surface area (Å²) < 4.78 is 14.3. The van der Waals surface area contributed by atoms with Gasteiger partial charge in [-0.15, -0.1) is 0 Å².